The molecule has 1 amide bonds. The van der Waals surface area contributed by atoms with Crippen LogP contribution in [0, 0.1) is 0 Å². The minimum atomic E-state index is -0.273. The first-order valence-corrected chi connectivity index (χ1v) is 10.1. The number of phenols is 1. The fourth-order valence-electron chi connectivity index (χ4n) is 4.70. The number of rotatable bonds is 3. The molecule has 1 aliphatic heterocycles. The fourth-order valence-corrected chi connectivity index (χ4v) is 4.70. The van der Waals surface area contributed by atoms with E-state index < -0.39 is 0 Å². The van der Waals surface area contributed by atoms with E-state index in [2.05, 4.69) is 24.3 Å². The van der Waals surface area contributed by atoms with Crippen molar-refractivity contribution in [3.8, 4) is 16.9 Å². The topological polar surface area (TPSA) is 49.8 Å². The van der Waals surface area contributed by atoms with Crippen LogP contribution in [0.2, 0.25) is 0 Å². The van der Waals surface area contributed by atoms with E-state index in [1.165, 1.54) is 22.3 Å². The van der Waals surface area contributed by atoms with Crippen molar-refractivity contribution in [1.29, 1.82) is 0 Å². The van der Waals surface area contributed by atoms with Crippen LogP contribution >= 0.6 is 0 Å². The smallest absolute Gasteiger partial charge is 0.409 e. The molecular formula is C25H23NO3. The summed E-state index contributed by atoms with van der Waals surface area (Å²) in [4.78, 5) is 14.5. The van der Waals surface area contributed by atoms with Crippen molar-refractivity contribution in [2.75, 3.05) is 19.7 Å². The van der Waals surface area contributed by atoms with Crippen LogP contribution in [0.3, 0.4) is 0 Å². The predicted octanol–water partition coefficient (Wildman–Crippen LogP) is 5.13. The highest BCUT2D eigenvalue weighted by Gasteiger charge is 2.32. The number of aromatic hydroxyl groups is 1. The number of carbonyl (C=O) groups excluding carboxylic acids is 1. The minimum absolute atomic E-state index is 0.0721. The van der Waals surface area contributed by atoms with Crippen LogP contribution in [0.25, 0.3) is 11.1 Å². The van der Waals surface area contributed by atoms with Gasteiger partial charge in [0.05, 0.1) is 0 Å². The Balaban J connectivity index is 1.28. The normalized spacial score (nSPS) is 17.8. The Morgan fingerprint density at radius 1 is 0.897 bits per heavy atom. The molecule has 5 rings (SSSR count). The molecule has 0 bridgehead atoms. The highest BCUT2D eigenvalue weighted by atomic mass is 16.6. The van der Waals surface area contributed by atoms with Gasteiger partial charge < -0.3 is 14.7 Å². The summed E-state index contributed by atoms with van der Waals surface area (Å²) in [5, 5.41) is 10.1. The van der Waals surface area contributed by atoms with Gasteiger partial charge in [-0.25, -0.2) is 4.79 Å². The first-order chi connectivity index (χ1) is 14.2. The number of benzene rings is 3. The molecule has 2 aliphatic rings. The second kappa shape index (κ2) is 7.28. The van der Waals surface area contributed by atoms with Gasteiger partial charge in [-0.1, -0.05) is 66.7 Å². The van der Waals surface area contributed by atoms with E-state index in [0.29, 0.717) is 25.4 Å². The summed E-state index contributed by atoms with van der Waals surface area (Å²) in [6, 6.07) is 24.1. The minimum Gasteiger partial charge on any atom is -0.508 e. The van der Waals surface area contributed by atoms with E-state index in [-0.39, 0.29) is 17.9 Å². The molecule has 4 heteroatoms. The van der Waals surface area contributed by atoms with Crippen molar-refractivity contribution in [2.45, 2.75) is 18.3 Å². The molecule has 1 unspecified atom stereocenters. The van der Waals surface area contributed by atoms with Crippen LogP contribution < -0.4 is 0 Å². The summed E-state index contributed by atoms with van der Waals surface area (Å²) in [5.74, 6) is 0.520. The maximum absolute atomic E-state index is 12.7. The molecule has 1 fully saturated rings. The average Bonchev–Trinajstić information content (AvgIpc) is 3.36. The van der Waals surface area contributed by atoms with Crippen LogP contribution in [-0.2, 0) is 4.74 Å². The van der Waals surface area contributed by atoms with Crippen LogP contribution in [-0.4, -0.2) is 35.8 Å². The number of likely N-dealkylation sites (tertiary alicyclic amines) is 1. The van der Waals surface area contributed by atoms with E-state index in [4.69, 9.17) is 4.74 Å². The third-order valence-electron chi connectivity index (χ3n) is 6.16. The number of hydrogen-bond acceptors (Lipinski definition) is 3. The Morgan fingerprint density at radius 3 is 2.14 bits per heavy atom. The standard InChI is InChI=1S/C25H23NO3/c27-24-12-6-5-7-18(24)17-13-14-26(15-17)25(28)29-16-23-21-10-3-1-8-19(21)20-9-2-4-11-22(20)23/h1-12,17,23,27H,13-16H2. The average molecular weight is 385 g/mol. The Bertz CT molecular complexity index is 1020. The molecule has 0 saturated carbocycles. The molecule has 1 aliphatic carbocycles. The van der Waals surface area contributed by atoms with Gasteiger partial charge >= 0.3 is 6.09 Å². The fraction of sp³-hybridized carbons (Fsp3) is 0.240. The van der Waals surface area contributed by atoms with E-state index in [9.17, 15) is 9.90 Å². The number of ether oxygens (including phenoxy) is 1. The van der Waals surface area contributed by atoms with Crippen molar-refractivity contribution in [3.05, 3.63) is 89.5 Å². The number of para-hydroxylation sites is 1. The van der Waals surface area contributed by atoms with Crippen LogP contribution in [0.1, 0.15) is 34.9 Å². The molecule has 1 atom stereocenters. The van der Waals surface area contributed by atoms with Gasteiger partial charge in [0.25, 0.3) is 0 Å². The predicted molar refractivity (Wildman–Crippen MR) is 112 cm³/mol. The summed E-state index contributed by atoms with van der Waals surface area (Å²) in [7, 11) is 0. The molecule has 1 heterocycles. The van der Waals surface area contributed by atoms with Gasteiger partial charge in [0.15, 0.2) is 0 Å². The SMILES string of the molecule is O=C(OCC1c2ccccc2-c2ccccc21)N1CCC(c2ccccc2O)C1. The zero-order chi connectivity index (χ0) is 19.8. The molecule has 3 aromatic carbocycles. The summed E-state index contributed by atoms with van der Waals surface area (Å²) >= 11 is 0. The molecule has 0 radical (unpaired) electrons. The maximum Gasteiger partial charge on any atom is 0.409 e. The first-order valence-electron chi connectivity index (χ1n) is 10.1. The second-order valence-corrected chi connectivity index (χ2v) is 7.79. The second-order valence-electron chi connectivity index (χ2n) is 7.79. The third kappa shape index (κ3) is 3.15. The molecule has 0 spiro atoms. The van der Waals surface area contributed by atoms with Crippen molar-refractivity contribution in [1.82, 2.24) is 4.90 Å². The Kier molecular flexibility index (Phi) is 4.47. The Morgan fingerprint density at radius 2 is 1.48 bits per heavy atom. The lowest BCUT2D eigenvalue weighted by Crippen LogP contribution is -2.30. The van der Waals surface area contributed by atoms with E-state index in [0.717, 1.165) is 12.0 Å². The molecule has 146 valence electrons. The molecule has 4 nitrogen and oxygen atoms in total. The van der Waals surface area contributed by atoms with Crippen molar-refractivity contribution in [3.63, 3.8) is 0 Å². The number of carbonyl (C=O) groups is 1. The number of hydrogen-bond donors (Lipinski definition) is 1. The molecule has 1 saturated heterocycles. The summed E-state index contributed by atoms with van der Waals surface area (Å²) < 4.78 is 5.76. The van der Waals surface area contributed by atoms with Crippen LogP contribution in [0.4, 0.5) is 4.79 Å². The third-order valence-corrected chi connectivity index (χ3v) is 6.16. The number of fused-ring (bicyclic) bond motifs is 3. The van der Waals surface area contributed by atoms with Crippen LogP contribution in [0.15, 0.2) is 72.8 Å². The van der Waals surface area contributed by atoms with E-state index >= 15 is 0 Å². The molecule has 1 N–H and O–H groups in total. The summed E-state index contributed by atoms with van der Waals surface area (Å²) in [6.07, 6.45) is 0.562. The number of nitrogens with zero attached hydrogens (tertiary/aromatic N) is 1. The summed E-state index contributed by atoms with van der Waals surface area (Å²) in [5.41, 5.74) is 5.79. The van der Waals surface area contributed by atoms with Crippen LogP contribution in [0.5, 0.6) is 5.75 Å². The van der Waals surface area contributed by atoms with Gasteiger partial charge in [0.1, 0.15) is 12.4 Å². The zero-order valence-corrected chi connectivity index (χ0v) is 16.1. The largest absolute Gasteiger partial charge is 0.508 e. The first kappa shape index (κ1) is 17.8. The lowest BCUT2D eigenvalue weighted by molar-refractivity contribution is 0.107. The van der Waals surface area contributed by atoms with Crippen molar-refractivity contribution in [2.24, 2.45) is 0 Å². The number of amides is 1. The molecular weight excluding hydrogens is 362 g/mol. The number of phenolic OH excluding ortho intramolecular Hbond substituents is 1. The van der Waals surface area contributed by atoms with Crippen molar-refractivity contribution < 1.29 is 14.6 Å². The lowest BCUT2D eigenvalue weighted by Gasteiger charge is -2.19. The van der Waals surface area contributed by atoms with Gasteiger partial charge in [-0.3, -0.25) is 0 Å². The van der Waals surface area contributed by atoms with Gasteiger partial charge in [0.2, 0.25) is 0 Å². The van der Waals surface area contributed by atoms with Gasteiger partial charge in [0, 0.05) is 24.9 Å². The Labute approximate surface area is 170 Å². The molecule has 3 aromatic rings. The molecule has 0 aromatic heterocycles. The van der Waals surface area contributed by atoms with Gasteiger partial charge in [-0.15, -0.1) is 0 Å². The quantitative estimate of drug-likeness (QED) is 0.680. The highest BCUT2D eigenvalue weighted by Crippen LogP contribution is 2.44. The van der Waals surface area contributed by atoms with Gasteiger partial charge in [-0.05, 0) is 40.3 Å². The highest BCUT2D eigenvalue weighted by molar-refractivity contribution is 5.79. The Hall–Kier alpha value is -3.27. The maximum atomic E-state index is 12.7. The van der Waals surface area contributed by atoms with Gasteiger partial charge in [-0.2, -0.15) is 0 Å². The summed E-state index contributed by atoms with van der Waals surface area (Å²) in [6.45, 7) is 1.56. The van der Waals surface area contributed by atoms with E-state index in [1.54, 1.807) is 11.0 Å². The van der Waals surface area contributed by atoms with E-state index in [1.807, 2.05) is 42.5 Å². The monoisotopic (exact) mass is 385 g/mol. The van der Waals surface area contributed by atoms with Crippen molar-refractivity contribution >= 4 is 6.09 Å². The molecule has 29 heavy (non-hydrogen) atoms. The lowest BCUT2D eigenvalue weighted by atomic mass is 9.98. The zero-order valence-electron chi connectivity index (χ0n) is 16.1.